The number of rotatable bonds is 3. The number of halogens is 1. The van der Waals surface area contributed by atoms with Gasteiger partial charge in [0.15, 0.2) is 0 Å². The summed E-state index contributed by atoms with van der Waals surface area (Å²) in [5.41, 5.74) is 4.38. The highest BCUT2D eigenvalue weighted by molar-refractivity contribution is 7.89. The van der Waals surface area contributed by atoms with Crippen molar-refractivity contribution in [2.45, 2.75) is 37.6 Å². The SMILES string of the molecule is Cc1ccc(S(=O)(=O)N2CCC(C(=O)N3CCc4[nH]c5ccc(Cl)cc5c4C3)CC2)cc1. The zero-order chi connectivity index (χ0) is 22.5. The highest BCUT2D eigenvalue weighted by Gasteiger charge is 2.35. The molecular formula is C24H26ClN3O3S. The predicted octanol–water partition coefficient (Wildman–Crippen LogP) is 4.12. The number of carbonyl (C=O) groups excluding carboxylic acids is 1. The number of H-pyrrole nitrogens is 1. The van der Waals surface area contributed by atoms with Gasteiger partial charge in [0.25, 0.3) is 0 Å². The molecule has 1 fully saturated rings. The monoisotopic (exact) mass is 471 g/mol. The first-order valence-electron chi connectivity index (χ1n) is 11.0. The Labute approximate surface area is 193 Å². The fourth-order valence-corrected chi connectivity index (χ4v) is 6.48. The Morgan fingerprint density at radius 1 is 1.06 bits per heavy atom. The molecule has 1 aromatic heterocycles. The van der Waals surface area contributed by atoms with E-state index in [4.69, 9.17) is 11.6 Å². The molecule has 168 valence electrons. The fraction of sp³-hybridized carbons (Fsp3) is 0.375. The molecule has 3 aromatic rings. The molecule has 1 N–H and O–H groups in total. The molecule has 0 atom stereocenters. The van der Waals surface area contributed by atoms with Crippen molar-refractivity contribution in [1.82, 2.24) is 14.2 Å². The zero-order valence-electron chi connectivity index (χ0n) is 18.0. The fourth-order valence-electron chi connectivity index (χ4n) is 4.84. The van der Waals surface area contributed by atoms with Crippen LogP contribution in [0.5, 0.6) is 0 Å². The number of aromatic amines is 1. The van der Waals surface area contributed by atoms with Crippen molar-refractivity contribution < 1.29 is 13.2 Å². The van der Waals surface area contributed by atoms with Crippen molar-refractivity contribution in [3.63, 3.8) is 0 Å². The molecular weight excluding hydrogens is 446 g/mol. The van der Waals surface area contributed by atoms with E-state index in [9.17, 15) is 13.2 Å². The van der Waals surface area contributed by atoms with E-state index in [0.717, 1.165) is 28.5 Å². The Morgan fingerprint density at radius 2 is 1.78 bits per heavy atom. The molecule has 2 aromatic carbocycles. The van der Waals surface area contributed by atoms with Gasteiger partial charge in [-0.25, -0.2) is 8.42 Å². The van der Waals surface area contributed by atoms with Gasteiger partial charge in [-0.1, -0.05) is 29.3 Å². The van der Waals surface area contributed by atoms with Gasteiger partial charge in [0, 0.05) is 65.7 Å². The normalized spacial score (nSPS) is 18.1. The standard InChI is InChI=1S/C24H26ClN3O3S/c1-16-2-5-19(6-3-16)32(30,31)28-12-8-17(9-13-28)24(29)27-11-10-23-21(15-27)20-14-18(25)4-7-22(20)26-23/h2-7,14,17,26H,8-13,15H2,1H3. The van der Waals surface area contributed by atoms with Crippen LogP contribution in [0.2, 0.25) is 5.02 Å². The lowest BCUT2D eigenvalue weighted by Gasteiger charge is -2.35. The van der Waals surface area contributed by atoms with Gasteiger partial charge < -0.3 is 9.88 Å². The molecule has 0 spiro atoms. The second kappa shape index (κ2) is 8.21. The lowest BCUT2D eigenvalue weighted by atomic mass is 9.95. The molecule has 32 heavy (non-hydrogen) atoms. The van der Waals surface area contributed by atoms with Crippen LogP contribution in [0.1, 0.15) is 29.7 Å². The van der Waals surface area contributed by atoms with Crippen molar-refractivity contribution in [1.29, 1.82) is 0 Å². The van der Waals surface area contributed by atoms with E-state index in [0.29, 0.717) is 48.9 Å². The van der Waals surface area contributed by atoms with Crippen LogP contribution in [-0.4, -0.2) is 48.1 Å². The molecule has 0 saturated carbocycles. The van der Waals surface area contributed by atoms with Crippen molar-refractivity contribution in [2.24, 2.45) is 5.92 Å². The number of aromatic nitrogens is 1. The smallest absolute Gasteiger partial charge is 0.243 e. The topological polar surface area (TPSA) is 73.5 Å². The Kier molecular flexibility index (Phi) is 5.51. The third-order valence-corrected chi connectivity index (χ3v) is 8.86. The van der Waals surface area contributed by atoms with Gasteiger partial charge in [-0.3, -0.25) is 4.79 Å². The Morgan fingerprint density at radius 3 is 2.50 bits per heavy atom. The van der Waals surface area contributed by atoms with Gasteiger partial charge in [-0.15, -0.1) is 0 Å². The van der Waals surface area contributed by atoms with E-state index in [1.807, 2.05) is 42.2 Å². The number of hydrogen-bond donors (Lipinski definition) is 1. The van der Waals surface area contributed by atoms with Gasteiger partial charge in [0.1, 0.15) is 0 Å². The molecule has 2 aliphatic rings. The molecule has 1 saturated heterocycles. The van der Waals surface area contributed by atoms with Crippen molar-refractivity contribution in [3.05, 3.63) is 64.3 Å². The number of aryl methyl sites for hydroxylation is 1. The minimum Gasteiger partial charge on any atom is -0.358 e. The number of hydrogen-bond acceptors (Lipinski definition) is 3. The first kappa shape index (κ1) is 21.5. The van der Waals surface area contributed by atoms with E-state index < -0.39 is 10.0 Å². The van der Waals surface area contributed by atoms with Crippen LogP contribution >= 0.6 is 11.6 Å². The summed E-state index contributed by atoms with van der Waals surface area (Å²) in [6.07, 6.45) is 1.88. The largest absolute Gasteiger partial charge is 0.358 e. The van der Waals surface area contributed by atoms with E-state index >= 15 is 0 Å². The maximum atomic E-state index is 13.3. The molecule has 0 unspecified atom stereocenters. The third-order valence-electron chi connectivity index (χ3n) is 6.71. The summed E-state index contributed by atoms with van der Waals surface area (Å²) < 4.78 is 27.4. The second-order valence-electron chi connectivity index (χ2n) is 8.77. The van der Waals surface area contributed by atoms with E-state index in [1.54, 1.807) is 12.1 Å². The van der Waals surface area contributed by atoms with Crippen molar-refractivity contribution in [2.75, 3.05) is 19.6 Å². The van der Waals surface area contributed by atoms with Crippen LogP contribution in [0, 0.1) is 12.8 Å². The summed E-state index contributed by atoms with van der Waals surface area (Å²) in [6.45, 7) is 3.91. The van der Waals surface area contributed by atoms with Gasteiger partial charge in [-0.05, 0) is 50.1 Å². The minimum absolute atomic E-state index is 0.124. The number of piperidine rings is 1. The summed E-state index contributed by atoms with van der Waals surface area (Å²) in [5.74, 6) is -0.0192. The molecule has 3 heterocycles. The molecule has 8 heteroatoms. The highest BCUT2D eigenvalue weighted by atomic mass is 35.5. The van der Waals surface area contributed by atoms with Crippen LogP contribution in [0.15, 0.2) is 47.4 Å². The summed E-state index contributed by atoms with van der Waals surface area (Å²) in [4.78, 5) is 19.0. The maximum Gasteiger partial charge on any atom is 0.243 e. The Balaban J connectivity index is 1.27. The zero-order valence-corrected chi connectivity index (χ0v) is 19.5. The number of sulfonamides is 1. The molecule has 0 aliphatic carbocycles. The van der Waals surface area contributed by atoms with Crippen molar-refractivity contribution in [3.8, 4) is 0 Å². The minimum atomic E-state index is -3.52. The molecule has 0 bridgehead atoms. The van der Waals surface area contributed by atoms with Crippen LogP contribution in [-0.2, 0) is 27.8 Å². The average Bonchev–Trinajstić information content (AvgIpc) is 3.16. The molecule has 1 amide bonds. The van der Waals surface area contributed by atoms with Crippen molar-refractivity contribution >= 4 is 38.4 Å². The number of nitrogens with zero attached hydrogens (tertiary/aromatic N) is 2. The number of fused-ring (bicyclic) bond motifs is 3. The van der Waals surface area contributed by atoms with Crippen LogP contribution in [0.4, 0.5) is 0 Å². The average molecular weight is 472 g/mol. The molecule has 2 aliphatic heterocycles. The number of nitrogens with one attached hydrogen (secondary N) is 1. The first-order chi connectivity index (χ1) is 15.3. The molecule has 5 rings (SSSR count). The van der Waals surface area contributed by atoms with Crippen LogP contribution < -0.4 is 0 Å². The van der Waals surface area contributed by atoms with Gasteiger partial charge in [0.2, 0.25) is 15.9 Å². The second-order valence-corrected chi connectivity index (χ2v) is 11.1. The summed E-state index contributed by atoms with van der Waals surface area (Å²) in [6, 6.07) is 12.7. The maximum absolute atomic E-state index is 13.3. The quantitative estimate of drug-likeness (QED) is 0.624. The predicted molar refractivity (Wildman–Crippen MR) is 125 cm³/mol. The van der Waals surface area contributed by atoms with E-state index in [-0.39, 0.29) is 11.8 Å². The number of benzene rings is 2. The highest BCUT2D eigenvalue weighted by Crippen LogP contribution is 2.32. The molecule has 6 nitrogen and oxygen atoms in total. The third kappa shape index (κ3) is 3.83. The number of carbonyl (C=O) groups is 1. The van der Waals surface area contributed by atoms with E-state index in [1.165, 1.54) is 10.00 Å². The lowest BCUT2D eigenvalue weighted by Crippen LogP contribution is -2.45. The van der Waals surface area contributed by atoms with Gasteiger partial charge in [-0.2, -0.15) is 4.31 Å². The van der Waals surface area contributed by atoms with E-state index in [2.05, 4.69) is 4.98 Å². The Hall–Kier alpha value is -2.35. The summed E-state index contributed by atoms with van der Waals surface area (Å²) in [5, 5.41) is 1.76. The summed E-state index contributed by atoms with van der Waals surface area (Å²) >= 11 is 6.19. The summed E-state index contributed by atoms with van der Waals surface area (Å²) in [7, 11) is -3.52. The molecule has 0 radical (unpaired) electrons. The first-order valence-corrected chi connectivity index (χ1v) is 12.8. The van der Waals surface area contributed by atoms with Gasteiger partial charge in [0.05, 0.1) is 4.90 Å². The number of amides is 1. The van der Waals surface area contributed by atoms with Crippen LogP contribution in [0.25, 0.3) is 10.9 Å². The van der Waals surface area contributed by atoms with Crippen LogP contribution in [0.3, 0.4) is 0 Å². The lowest BCUT2D eigenvalue weighted by molar-refractivity contribution is -0.137. The Bertz CT molecular complexity index is 1280. The van der Waals surface area contributed by atoms with Gasteiger partial charge >= 0.3 is 0 Å².